The van der Waals surface area contributed by atoms with Crippen LogP contribution < -0.4 is 21.1 Å². The molecular weight excluding hydrogens is 554 g/mol. The maximum atomic E-state index is 10.4. The summed E-state index contributed by atoms with van der Waals surface area (Å²) in [4.78, 5) is 19.0. The summed E-state index contributed by atoms with van der Waals surface area (Å²) in [5, 5.41) is 14.6. The first kappa shape index (κ1) is 42.8. The van der Waals surface area contributed by atoms with Crippen molar-refractivity contribution in [2.75, 3.05) is 33.1 Å². The first-order valence-corrected chi connectivity index (χ1v) is 16.2. The fourth-order valence-corrected chi connectivity index (χ4v) is 4.23. The van der Waals surface area contributed by atoms with Crippen LogP contribution in [0.2, 0.25) is 0 Å². The molecule has 9 nitrogen and oxygen atoms in total. The summed E-state index contributed by atoms with van der Waals surface area (Å²) in [5.74, 6) is 1.29. The first-order chi connectivity index (χ1) is 21.0. The van der Waals surface area contributed by atoms with E-state index >= 15 is 0 Å². The van der Waals surface area contributed by atoms with Gasteiger partial charge in [0, 0.05) is 24.5 Å². The number of aromatic nitrogens is 2. The molecule has 1 aliphatic carbocycles. The molecule has 1 heterocycles. The Hall–Kier alpha value is -3.33. The van der Waals surface area contributed by atoms with E-state index in [9.17, 15) is 4.79 Å². The predicted octanol–water partition coefficient (Wildman–Crippen LogP) is 8.03. The highest BCUT2D eigenvalue weighted by atomic mass is 16.5. The second kappa shape index (κ2) is 27.2. The highest BCUT2D eigenvalue weighted by molar-refractivity contribution is 5.69. The molecule has 0 saturated heterocycles. The van der Waals surface area contributed by atoms with Crippen LogP contribution in [0.25, 0.3) is 0 Å². The minimum atomic E-state index is -0.602. The molecule has 252 valence electrons. The fourth-order valence-electron chi connectivity index (χ4n) is 4.23. The molecule has 0 amide bonds. The largest absolute Gasteiger partial charge is 0.497 e. The number of nitrogens with two attached hydrogens (primary N) is 1. The van der Waals surface area contributed by atoms with Gasteiger partial charge in [0.2, 0.25) is 11.8 Å². The van der Waals surface area contributed by atoms with Crippen LogP contribution in [-0.2, 0) is 9.53 Å². The van der Waals surface area contributed by atoms with Crippen molar-refractivity contribution >= 4 is 11.9 Å². The van der Waals surface area contributed by atoms with Gasteiger partial charge in [0.1, 0.15) is 5.76 Å². The predicted molar refractivity (Wildman–Crippen MR) is 186 cm³/mol. The fraction of sp³-hybridized carbons (Fsp3) is 0.629. The Kier molecular flexibility index (Phi) is 26.5. The van der Waals surface area contributed by atoms with Gasteiger partial charge in [-0.1, -0.05) is 65.5 Å². The lowest BCUT2D eigenvalue weighted by Crippen LogP contribution is -2.16. The van der Waals surface area contributed by atoms with Crippen LogP contribution >= 0.6 is 0 Å². The molecule has 1 aromatic rings. The molecule has 0 atom stereocenters. The van der Waals surface area contributed by atoms with E-state index in [2.05, 4.69) is 40.5 Å². The lowest BCUT2D eigenvalue weighted by Gasteiger charge is -2.16. The molecule has 5 N–H and O–H groups in total. The molecule has 1 saturated carbocycles. The minimum absolute atomic E-state index is 0.0289. The van der Waals surface area contributed by atoms with Crippen molar-refractivity contribution in [3.05, 3.63) is 58.7 Å². The monoisotopic (exact) mass is 617 g/mol. The van der Waals surface area contributed by atoms with Gasteiger partial charge in [0.05, 0.1) is 19.1 Å². The highest BCUT2D eigenvalue weighted by Gasteiger charge is 2.19. The zero-order chi connectivity index (χ0) is 33.9. The van der Waals surface area contributed by atoms with Gasteiger partial charge in [0.25, 0.3) is 0 Å². The quantitative estimate of drug-likeness (QED) is 0.128. The van der Waals surface area contributed by atoms with Crippen molar-refractivity contribution in [1.29, 1.82) is 0 Å². The zero-order valence-electron chi connectivity index (χ0n) is 29.5. The zero-order valence-corrected chi connectivity index (χ0v) is 29.5. The molecule has 0 bridgehead atoms. The number of carboxylic acids is 1. The molecule has 2 rings (SSSR count). The van der Waals surface area contributed by atoms with Gasteiger partial charge in [0.15, 0.2) is 0 Å². The topological polar surface area (TPSA) is 132 Å². The number of hydrogen-bond acceptors (Lipinski definition) is 8. The Balaban J connectivity index is 0. The van der Waals surface area contributed by atoms with E-state index in [1.54, 1.807) is 19.4 Å². The SMILES string of the molecule is CC.CC/C=C(C)/C(=C\C=C(C)\C(N)=C(\CCC)CNc1nccc(OC(C)C)n1)OC.CNC.O=C(O)C1CCCCC1. The molecule has 0 unspecified atom stereocenters. The molecule has 0 aromatic carbocycles. The van der Waals surface area contributed by atoms with Crippen LogP contribution in [0.4, 0.5) is 5.95 Å². The van der Waals surface area contributed by atoms with Gasteiger partial charge in [-0.2, -0.15) is 4.98 Å². The number of hydrogen-bond donors (Lipinski definition) is 4. The van der Waals surface area contributed by atoms with Gasteiger partial charge >= 0.3 is 5.97 Å². The summed E-state index contributed by atoms with van der Waals surface area (Å²) in [6.45, 7) is 16.8. The maximum absolute atomic E-state index is 10.4. The Morgan fingerprint density at radius 2 is 1.73 bits per heavy atom. The van der Waals surface area contributed by atoms with Crippen molar-refractivity contribution < 1.29 is 19.4 Å². The number of carbonyl (C=O) groups is 1. The number of nitrogens with one attached hydrogen (secondary N) is 2. The smallest absolute Gasteiger partial charge is 0.306 e. The molecule has 9 heteroatoms. The van der Waals surface area contributed by atoms with Crippen molar-refractivity contribution in [3.63, 3.8) is 0 Å². The van der Waals surface area contributed by atoms with Gasteiger partial charge in [-0.3, -0.25) is 4.79 Å². The van der Waals surface area contributed by atoms with Crippen LogP contribution in [-0.4, -0.2) is 54.9 Å². The van der Waals surface area contributed by atoms with Crippen molar-refractivity contribution in [2.45, 2.75) is 113 Å². The number of rotatable bonds is 13. The molecule has 1 aromatic heterocycles. The first-order valence-electron chi connectivity index (χ1n) is 16.2. The minimum Gasteiger partial charge on any atom is -0.497 e. The van der Waals surface area contributed by atoms with E-state index < -0.39 is 5.97 Å². The molecule has 1 fully saturated rings. The number of ether oxygens (including phenoxy) is 2. The van der Waals surface area contributed by atoms with Gasteiger partial charge in [-0.05, 0) is 90.3 Å². The molecule has 44 heavy (non-hydrogen) atoms. The second-order valence-electron chi connectivity index (χ2n) is 10.6. The van der Waals surface area contributed by atoms with Gasteiger partial charge < -0.3 is 30.9 Å². The maximum Gasteiger partial charge on any atom is 0.306 e. The van der Waals surface area contributed by atoms with E-state index in [0.717, 1.165) is 73.1 Å². The third-order valence-electron chi connectivity index (χ3n) is 6.36. The molecule has 0 radical (unpaired) electrons. The number of methoxy groups -OCH3 is 1. The lowest BCUT2D eigenvalue weighted by molar-refractivity contribution is -0.142. The van der Waals surface area contributed by atoms with Crippen molar-refractivity contribution in [1.82, 2.24) is 15.3 Å². The summed E-state index contributed by atoms with van der Waals surface area (Å²) in [6, 6.07) is 1.75. The number of allylic oxidation sites excluding steroid dienone is 5. The van der Waals surface area contributed by atoms with E-state index in [-0.39, 0.29) is 12.0 Å². The number of aliphatic carboxylic acids is 1. The summed E-state index contributed by atoms with van der Waals surface area (Å²) in [6.07, 6.45) is 16.0. The summed E-state index contributed by atoms with van der Waals surface area (Å²) >= 11 is 0. The Bertz CT molecular complexity index is 1030. The lowest BCUT2D eigenvalue weighted by atomic mass is 9.90. The number of nitrogens with zero attached hydrogens (tertiary/aromatic N) is 2. The van der Waals surface area contributed by atoms with Crippen LogP contribution in [0.15, 0.2) is 58.7 Å². The van der Waals surface area contributed by atoms with E-state index in [4.69, 9.17) is 20.3 Å². The van der Waals surface area contributed by atoms with Crippen LogP contribution in [0.3, 0.4) is 0 Å². The van der Waals surface area contributed by atoms with E-state index in [1.807, 2.05) is 67.8 Å². The normalized spacial score (nSPS) is 14.5. The molecular formula is C35H63N5O4. The number of anilines is 1. The number of carboxylic acid groups (broad SMARTS) is 1. The molecule has 0 spiro atoms. The average molecular weight is 618 g/mol. The Morgan fingerprint density at radius 3 is 2.20 bits per heavy atom. The molecule has 0 aliphatic heterocycles. The third-order valence-corrected chi connectivity index (χ3v) is 6.36. The summed E-state index contributed by atoms with van der Waals surface area (Å²) < 4.78 is 11.1. The van der Waals surface area contributed by atoms with Crippen LogP contribution in [0, 0.1) is 5.92 Å². The standard InChI is InChI=1S/C24H38N4O2.C7H12O2.C2H7N.C2H6/c1-8-10-18(5)21(29-7)13-12-19(6)23(25)20(11-9-2)16-27-24-26-15-14-22(28-24)30-17(3)4;8-7(9)6-4-2-1-3-5-6;1-3-2;1-2/h10,12-15,17H,8-9,11,16,25H2,1-7H3,(H,26,27,28);6H,1-5H2,(H,8,9);3H,1-2H3;1-2H3/b18-10+,19-12+,21-13+,23-20+;;;. The van der Waals surface area contributed by atoms with E-state index in [0.29, 0.717) is 18.4 Å². The Labute approximate surface area is 268 Å². The van der Waals surface area contributed by atoms with Crippen LogP contribution in [0.1, 0.15) is 107 Å². The second-order valence-corrected chi connectivity index (χ2v) is 10.6. The van der Waals surface area contributed by atoms with Gasteiger partial charge in [-0.15, -0.1) is 0 Å². The Morgan fingerprint density at radius 1 is 1.11 bits per heavy atom. The average Bonchev–Trinajstić information content (AvgIpc) is 3.01. The van der Waals surface area contributed by atoms with Crippen molar-refractivity contribution in [2.24, 2.45) is 11.7 Å². The van der Waals surface area contributed by atoms with E-state index in [1.165, 1.54) is 6.42 Å². The third kappa shape index (κ3) is 19.8. The van der Waals surface area contributed by atoms with Gasteiger partial charge in [-0.25, -0.2) is 4.98 Å². The molecule has 1 aliphatic rings. The highest BCUT2D eigenvalue weighted by Crippen LogP contribution is 2.23. The summed E-state index contributed by atoms with van der Waals surface area (Å²) in [5.41, 5.74) is 10.5. The van der Waals surface area contributed by atoms with Crippen LogP contribution in [0.5, 0.6) is 5.88 Å². The summed E-state index contributed by atoms with van der Waals surface area (Å²) in [7, 11) is 5.44. The van der Waals surface area contributed by atoms with Crippen molar-refractivity contribution in [3.8, 4) is 5.88 Å².